The summed E-state index contributed by atoms with van der Waals surface area (Å²) in [5.41, 5.74) is 0.767. The maximum atomic E-state index is 12.5. The summed E-state index contributed by atoms with van der Waals surface area (Å²) in [5, 5.41) is 15.6. The van der Waals surface area contributed by atoms with E-state index in [4.69, 9.17) is 29.2 Å². The molecule has 36 heavy (non-hydrogen) atoms. The lowest BCUT2D eigenvalue weighted by Crippen LogP contribution is -2.49. The van der Waals surface area contributed by atoms with Crippen LogP contribution in [0, 0.1) is 0 Å². The average molecular weight is 509 g/mol. The molecule has 1 aliphatic rings. The lowest BCUT2D eigenvalue weighted by atomic mass is 10.1. The minimum absolute atomic E-state index is 0.0791. The molecule has 1 amide bonds. The van der Waals surface area contributed by atoms with E-state index in [0.29, 0.717) is 62.2 Å². The van der Waals surface area contributed by atoms with Crippen molar-refractivity contribution < 1.29 is 48.3 Å². The summed E-state index contributed by atoms with van der Waals surface area (Å²) in [5.74, 6) is -1.26. The number of carboxylic acids is 2. The summed E-state index contributed by atoms with van der Waals surface area (Å²) >= 11 is 0. The van der Waals surface area contributed by atoms with Crippen LogP contribution in [0.15, 0.2) is 30.4 Å². The summed E-state index contributed by atoms with van der Waals surface area (Å²) in [4.78, 5) is 46.9. The molecule has 12 nitrogen and oxygen atoms in total. The van der Waals surface area contributed by atoms with Crippen LogP contribution in [-0.4, -0.2) is 104 Å². The number of benzene rings is 1. The Balaban J connectivity index is 0.000000697. The number of methoxy groups -OCH3 is 3. The lowest BCUT2D eigenvalue weighted by molar-refractivity contribution is -0.145. The Kier molecular flexibility index (Phi) is 13.1. The van der Waals surface area contributed by atoms with Gasteiger partial charge in [0.15, 0.2) is 11.5 Å². The van der Waals surface area contributed by atoms with Crippen LogP contribution in [0.2, 0.25) is 0 Å². The number of carboxylic acid groups (broad SMARTS) is 2. The number of rotatable bonds is 10. The first-order chi connectivity index (χ1) is 17.1. The van der Waals surface area contributed by atoms with Crippen molar-refractivity contribution >= 4 is 29.9 Å². The molecular formula is C24H32N2O10. The number of hydrogen-bond acceptors (Lipinski definition) is 9. The summed E-state index contributed by atoms with van der Waals surface area (Å²) < 4.78 is 20.9. The predicted octanol–water partition coefficient (Wildman–Crippen LogP) is 1.14. The number of piperazine rings is 1. The standard InChI is InChI=1S/C20H28N2O6.C4H4O4/c1-5-28-19(24)14-21-8-10-22(11-9-21)18(23)7-6-15-12-16(25-2)20(27-4)17(13-15)26-3;5-3(6)1-2-4(7)8/h6-7,12-13H,5,8-11,14H2,1-4H3;1-2H,(H,5,6)(H,7,8)/b7-6-;2-1-. The molecule has 1 aromatic rings. The monoisotopic (exact) mass is 508 g/mol. The Labute approximate surface area is 209 Å². The second-order valence-corrected chi connectivity index (χ2v) is 7.21. The normalized spacial score (nSPS) is 13.6. The van der Waals surface area contributed by atoms with Crippen molar-refractivity contribution in [3.05, 3.63) is 35.9 Å². The van der Waals surface area contributed by atoms with Crippen molar-refractivity contribution in [2.24, 2.45) is 0 Å². The highest BCUT2D eigenvalue weighted by atomic mass is 16.5. The Morgan fingerprint density at radius 2 is 1.39 bits per heavy atom. The van der Waals surface area contributed by atoms with Crippen molar-refractivity contribution in [1.82, 2.24) is 9.80 Å². The quantitative estimate of drug-likeness (QED) is 0.346. The van der Waals surface area contributed by atoms with E-state index < -0.39 is 11.9 Å². The average Bonchev–Trinajstić information content (AvgIpc) is 2.86. The zero-order valence-electron chi connectivity index (χ0n) is 20.8. The molecule has 198 valence electrons. The number of nitrogens with zero attached hydrogens (tertiary/aromatic N) is 2. The Morgan fingerprint density at radius 3 is 1.81 bits per heavy atom. The number of ether oxygens (including phenoxy) is 4. The second-order valence-electron chi connectivity index (χ2n) is 7.21. The SMILES string of the molecule is CCOC(=O)CN1CCN(C(=O)/C=C\c2cc(OC)c(OC)c(OC)c2)CC1.O=C(O)/C=C\C(=O)O. The maximum absolute atomic E-state index is 12.5. The van der Waals surface area contributed by atoms with Crippen LogP contribution in [0.3, 0.4) is 0 Å². The van der Waals surface area contributed by atoms with Gasteiger partial charge in [0.25, 0.3) is 0 Å². The van der Waals surface area contributed by atoms with E-state index in [-0.39, 0.29) is 18.4 Å². The number of carbonyl (C=O) groups excluding carboxylic acids is 2. The molecule has 1 heterocycles. The minimum Gasteiger partial charge on any atom is -0.493 e. The number of carbonyl (C=O) groups is 4. The Morgan fingerprint density at radius 1 is 0.861 bits per heavy atom. The van der Waals surface area contributed by atoms with E-state index in [1.165, 1.54) is 6.08 Å². The van der Waals surface area contributed by atoms with Crippen molar-refractivity contribution in [3.8, 4) is 17.2 Å². The molecule has 1 aliphatic heterocycles. The fourth-order valence-corrected chi connectivity index (χ4v) is 3.13. The van der Waals surface area contributed by atoms with Crippen molar-refractivity contribution in [1.29, 1.82) is 0 Å². The summed E-state index contributed by atoms with van der Waals surface area (Å²) in [6.07, 6.45) is 4.37. The fourth-order valence-electron chi connectivity index (χ4n) is 3.13. The number of aliphatic carboxylic acids is 2. The van der Waals surface area contributed by atoms with Gasteiger partial charge in [0.2, 0.25) is 11.7 Å². The molecule has 0 spiro atoms. The van der Waals surface area contributed by atoms with Gasteiger partial charge in [0.1, 0.15) is 0 Å². The molecule has 0 bridgehead atoms. The Hall–Kier alpha value is -4.06. The predicted molar refractivity (Wildman–Crippen MR) is 129 cm³/mol. The highest BCUT2D eigenvalue weighted by Gasteiger charge is 2.21. The molecule has 0 radical (unpaired) electrons. The molecule has 2 N–H and O–H groups in total. The third-order valence-electron chi connectivity index (χ3n) is 4.82. The first kappa shape index (κ1) is 30.0. The topological polar surface area (TPSA) is 152 Å². The largest absolute Gasteiger partial charge is 0.493 e. The summed E-state index contributed by atoms with van der Waals surface area (Å²) in [6.45, 7) is 4.84. The van der Waals surface area contributed by atoms with Crippen LogP contribution >= 0.6 is 0 Å². The number of amides is 1. The van der Waals surface area contributed by atoms with E-state index >= 15 is 0 Å². The Bertz CT molecular complexity index is 925. The molecule has 12 heteroatoms. The maximum Gasteiger partial charge on any atom is 0.328 e. The molecule has 0 unspecified atom stereocenters. The second kappa shape index (κ2) is 15.8. The first-order valence-corrected chi connectivity index (χ1v) is 10.9. The van der Waals surface area contributed by atoms with Crippen LogP contribution < -0.4 is 14.2 Å². The molecule has 0 aliphatic carbocycles. The van der Waals surface area contributed by atoms with E-state index in [9.17, 15) is 19.2 Å². The van der Waals surface area contributed by atoms with Gasteiger partial charge in [-0.15, -0.1) is 0 Å². The van der Waals surface area contributed by atoms with Crippen LogP contribution in [0.4, 0.5) is 0 Å². The van der Waals surface area contributed by atoms with Gasteiger partial charge in [-0.1, -0.05) is 0 Å². The third-order valence-corrected chi connectivity index (χ3v) is 4.82. The van der Waals surface area contributed by atoms with Gasteiger partial charge < -0.3 is 34.1 Å². The zero-order chi connectivity index (χ0) is 27.1. The van der Waals surface area contributed by atoms with Gasteiger partial charge >= 0.3 is 17.9 Å². The molecule has 2 rings (SSSR count). The molecule has 0 saturated carbocycles. The van der Waals surface area contributed by atoms with Gasteiger partial charge in [-0.05, 0) is 30.7 Å². The highest BCUT2D eigenvalue weighted by molar-refractivity contribution is 5.92. The first-order valence-electron chi connectivity index (χ1n) is 10.9. The van der Waals surface area contributed by atoms with Crippen LogP contribution in [0.25, 0.3) is 6.08 Å². The van der Waals surface area contributed by atoms with E-state index in [0.717, 1.165) is 5.56 Å². The number of esters is 1. The fraction of sp³-hybridized carbons (Fsp3) is 0.417. The summed E-state index contributed by atoms with van der Waals surface area (Å²) in [7, 11) is 4.64. The number of hydrogen-bond donors (Lipinski definition) is 2. The molecule has 1 aromatic carbocycles. The van der Waals surface area contributed by atoms with Crippen LogP contribution in [-0.2, 0) is 23.9 Å². The van der Waals surface area contributed by atoms with E-state index in [2.05, 4.69) is 0 Å². The summed E-state index contributed by atoms with van der Waals surface area (Å²) in [6, 6.07) is 3.56. The van der Waals surface area contributed by atoms with Gasteiger partial charge in [-0.3, -0.25) is 14.5 Å². The molecule has 0 aromatic heterocycles. The van der Waals surface area contributed by atoms with Crippen molar-refractivity contribution in [2.45, 2.75) is 6.92 Å². The third kappa shape index (κ3) is 10.5. The highest BCUT2D eigenvalue weighted by Crippen LogP contribution is 2.38. The molecule has 1 saturated heterocycles. The smallest absolute Gasteiger partial charge is 0.328 e. The molecule has 1 fully saturated rings. The van der Waals surface area contributed by atoms with Crippen LogP contribution in [0.1, 0.15) is 12.5 Å². The van der Waals surface area contributed by atoms with Crippen molar-refractivity contribution in [2.75, 3.05) is 60.7 Å². The molecule has 0 atom stereocenters. The lowest BCUT2D eigenvalue weighted by Gasteiger charge is -2.33. The molecular weight excluding hydrogens is 476 g/mol. The minimum atomic E-state index is -1.26. The van der Waals surface area contributed by atoms with Crippen LogP contribution in [0.5, 0.6) is 17.2 Å². The van der Waals surface area contributed by atoms with Crippen molar-refractivity contribution in [3.63, 3.8) is 0 Å². The van der Waals surface area contributed by atoms with Gasteiger partial charge in [0, 0.05) is 44.4 Å². The zero-order valence-corrected chi connectivity index (χ0v) is 20.8. The van der Waals surface area contributed by atoms with E-state index in [1.807, 2.05) is 4.90 Å². The van der Waals surface area contributed by atoms with E-state index in [1.54, 1.807) is 51.4 Å². The van der Waals surface area contributed by atoms with Gasteiger partial charge in [-0.2, -0.15) is 0 Å². The van der Waals surface area contributed by atoms with Gasteiger partial charge in [-0.25, -0.2) is 9.59 Å². The van der Waals surface area contributed by atoms with Gasteiger partial charge in [0.05, 0.1) is 34.5 Å².